The topological polar surface area (TPSA) is 73.2 Å². The molecule has 0 bridgehead atoms. The van der Waals surface area contributed by atoms with Gasteiger partial charge in [-0.3, -0.25) is 9.48 Å². The summed E-state index contributed by atoms with van der Waals surface area (Å²) in [5.41, 5.74) is 1.48. The molecule has 2 rings (SSSR count). The van der Waals surface area contributed by atoms with Crippen LogP contribution in [0.4, 0.5) is 5.69 Å². The third-order valence-corrected chi connectivity index (χ3v) is 3.04. The van der Waals surface area contributed by atoms with Crippen LogP contribution in [0, 0.1) is 0 Å². The Morgan fingerprint density at radius 1 is 1.38 bits per heavy atom. The van der Waals surface area contributed by atoms with Gasteiger partial charge in [-0.05, 0) is 25.1 Å². The molecule has 1 aromatic heterocycles. The van der Waals surface area contributed by atoms with Gasteiger partial charge in [0.1, 0.15) is 5.69 Å². The number of aryl methyl sites for hydroxylation is 1. The van der Waals surface area contributed by atoms with Crippen LogP contribution in [0.15, 0.2) is 35.1 Å². The summed E-state index contributed by atoms with van der Waals surface area (Å²) in [6, 6.07) is 8.47. The lowest BCUT2D eigenvalue weighted by Crippen LogP contribution is -2.10. The van der Waals surface area contributed by atoms with E-state index in [-0.39, 0.29) is 12.0 Å². The molecule has 0 amide bonds. The fraction of sp³-hybridized carbons (Fsp3) is 0.267. The molecule has 0 spiro atoms. The molecule has 0 saturated heterocycles. The van der Waals surface area contributed by atoms with Gasteiger partial charge in [-0.2, -0.15) is 5.10 Å². The first kappa shape index (κ1) is 14.8. The molecule has 2 aromatic rings. The van der Waals surface area contributed by atoms with Crippen molar-refractivity contribution >= 4 is 11.7 Å². The van der Waals surface area contributed by atoms with Gasteiger partial charge >= 0.3 is 5.97 Å². The van der Waals surface area contributed by atoms with Crippen LogP contribution in [0.1, 0.15) is 17.4 Å². The van der Waals surface area contributed by atoms with E-state index in [9.17, 15) is 9.59 Å². The van der Waals surface area contributed by atoms with E-state index in [0.717, 1.165) is 0 Å². The SMILES string of the molecule is CCOC(=O)c1cc(-c2ccccc(NC)c2=O)nn1C. The Kier molecular flexibility index (Phi) is 4.37. The quantitative estimate of drug-likeness (QED) is 0.866. The van der Waals surface area contributed by atoms with Gasteiger partial charge in [0.15, 0.2) is 0 Å². The van der Waals surface area contributed by atoms with E-state index in [4.69, 9.17) is 4.74 Å². The molecule has 1 N–H and O–H groups in total. The van der Waals surface area contributed by atoms with Crippen LogP contribution in [0.3, 0.4) is 0 Å². The van der Waals surface area contributed by atoms with Gasteiger partial charge in [-0.25, -0.2) is 4.79 Å². The molecule has 0 radical (unpaired) electrons. The van der Waals surface area contributed by atoms with Gasteiger partial charge in [-0.1, -0.05) is 12.1 Å². The number of aromatic nitrogens is 2. The van der Waals surface area contributed by atoms with Crippen molar-refractivity contribution in [1.29, 1.82) is 0 Å². The van der Waals surface area contributed by atoms with E-state index < -0.39 is 5.97 Å². The first-order chi connectivity index (χ1) is 10.1. The van der Waals surface area contributed by atoms with Crippen LogP contribution < -0.4 is 10.7 Å². The molecular formula is C15H17N3O3. The van der Waals surface area contributed by atoms with Crippen molar-refractivity contribution in [2.24, 2.45) is 7.05 Å². The number of nitrogens with one attached hydrogen (secondary N) is 1. The Morgan fingerprint density at radius 3 is 2.76 bits per heavy atom. The van der Waals surface area contributed by atoms with Gasteiger partial charge in [-0.15, -0.1) is 0 Å². The van der Waals surface area contributed by atoms with Gasteiger partial charge in [0.05, 0.1) is 23.6 Å². The summed E-state index contributed by atoms with van der Waals surface area (Å²) < 4.78 is 6.38. The smallest absolute Gasteiger partial charge is 0.356 e. The highest BCUT2D eigenvalue weighted by molar-refractivity contribution is 5.89. The van der Waals surface area contributed by atoms with Gasteiger partial charge < -0.3 is 10.1 Å². The molecule has 0 fully saturated rings. The van der Waals surface area contributed by atoms with E-state index in [1.54, 1.807) is 51.4 Å². The van der Waals surface area contributed by atoms with Crippen molar-refractivity contribution in [3.05, 3.63) is 46.2 Å². The normalized spacial score (nSPS) is 10.2. The Morgan fingerprint density at radius 2 is 2.10 bits per heavy atom. The molecule has 1 heterocycles. The fourth-order valence-electron chi connectivity index (χ4n) is 1.99. The number of nitrogens with zero attached hydrogens (tertiary/aromatic N) is 2. The van der Waals surface area contributed by atoms with Crippen LogP contribution in [0.2, 0.25) is 0 Å². The molecule has 0 atom stereocenters. The maximum Gasteiger partial charge on any atom is 0.356 e. The van der Waals surface area contributed by atoms with Crippen molar-refractivity contribution in [3.63, 3.8) is 0 Å². The van der Waals surface area contributed by atoms with Crippen LogP contribution in [0.25, 0.3) is 11.3 Å². The van der Waals surface area contributed by atoms with E-state index in [1.165, 1.54) is 4.68 Å². The van der Waals surface area contributed by atoms with E-state index in [2.05, 4.69) is 10.4 Å². The van der Waals surface area contributed by atoms with Crippen molar-refractivity contribution in [2.75, 3.05) is 19.0 Å². The Balaban J connectivity index is 2.55. The molecule has 6 heteroatoms. The van der Waals surface area contributed by atoms with Gasteiger partial charge in [0.25, 0.3) is 0 Å². The maximum atomic E-state index is 12.4. The summed E-state index contributed by atoms with van der Waals surface area (Å²) in [4.78, 5) is 24.2. The Bertz CT molecular complexity index is 722. The van der Waals surface area contributed by atoms with Gasteiger partial charge in [0.2, 0.25) is 5.43 Å². The second kappa shape index (κ2) is 6.21. The predicted molar refractivity (Wildman–Crippen MR) is 80.4 cm³/mol. The standard InChI is InChI=1S/C15H17N3O3/c1-4-21-15(20)13-9-12(17-18(13)3)10-7-5-6-8-11(16-2)14(10)19/h5-9H,4H2,1-3H3,(H,16,19). The van der Waals surface area contributed by atoms with E-state index >= 15 is 0 Å². The highest BCUT2D eigenvalue weighted by Gasteiger charge is 2.16. The molecule has 6 nitrogen and oxygen atoms in total. The van der Waals surface area contributed by atoms with Crippen LogP contribution in [-0.4, -0.2) is 29.4 Å². The second-order valence-corrected chi connectivity index (χ2v) is 4.38. The number of carbonyl (C=O) groups excluding carboxylic acids is 1. The highest BCUT2D eigenvalue weighted by atomic mass is 16.5. The third kappa shape index (κ3) is 2.94. The summed E-state index contributed by atoms with van der Waals surface area (Å²) in [5, 5.41) is 7.09. The number of anilines is 1. The molecule has 110 valence electrons. The zero-order valence-corrected chi connectivity index (χ0v) is 12.2. The average Bonchev–Trinajstić information content (AvgIpc) is 2.74. The van der Waals surface area contributed by atoms with Crippen molar-refractivity contribution in [2.45, 2.75) is 6.92 Å². The second-order valence-electron chi connectivity index (χ2n) is 4.38. The number of esters is 1. The summed E-state index contributed by atoms with van der Waals surface area (Å²) in [7, 11) is 3.32. The summed E-state index contributed by atoms with van der Waals surface area (Å²) >= 11 is 0. The van der Waals surface area contributed by atoms with Crippen LogP contribution >= 0.6 is 0 Å². The molecule has 0 saturated carbocycles. The van der Waals surface area contributed by atoms with Gasteiger partial charge in [0, 0.05) is 14.1 Å². The molecular weight excluding hydrogens is 270 g/mol. The number of hydrogen-bond donors (Lipinski definition) is 1. The number of ether oxygens (including phenoxy) is 1. The minimum atomic E-state index is -0.458. The lowest BCUT2D eigenvalue weighted by atomic mass is 10.2. The minimum Gasteiger partial charge on any atom is -0.461 e. The molecule has 0 aliphatic heterocycles. The summed E-state index contributed by atoms with van der Waals surface area (Å²) in [6.45, 7) is 2.03. The molecule has 1 aromatic carbocycles. The first-order valence-corrected chi connectivity index (χ1v) is 6.61. The largest absolute Gasteiger partial charge is 0.461 e. The number of hydrogen-bond acceptors (Lipinski definition) is 5. The lowest BCUT2D eigenvalue weighted by molar-refractivity contribution is 0.0513. The zero-order chi connectivity index (χ0) is 15.4. The Labute approximate surface area is 122 Å². The number of rotatable bonds is 4. The lowest BCUT2D eigenvalue weighted by Gasteiger charge is -1.99. The minimum absolute atomic E-state index is 0.170. The van der Waals surface area contributed by atoms with Crippen molar-refractivity contribution in [3.8, 4) is 11.3 Å². The molecule has 0 unspecified atom stereocenters. The average molecular weight is 287 g/mol. The predicted octanol–water partition coefficient (Wildman–Crippen LogP) is 1.67. The fourth-order valence-corrected chi connectivity index (χ4v) is 1.99. The summed E-state index contributed by atoms with van der Waals surface area (Å²) in [6.07, 6.45) is 0. The van der Waals surface area contributed by atoms with Crippen molar-refractivity contribution in [1.82, 2.24) is 9.78 Å². The van der Waals surface area contributed by atoms with E-state index in [0.29, 0.717) is 22.6 Å². The van der Waals surface area contributed by atoms with Crippen molar-refractivity contribution < 1.29 is 9.53 Å². The first-order valence-electron chi connectivity index (χ1n) is 6.61. The van der Waals surface area contributed by atoms with Crippen LogP contribution in [0.5, 0.6) is 0 Å². The zero-order valence-electron chi connectivity index (χ0n) is 12.2. The third-order valence-electron chi connectivity index (χ3n) is 3.04. The number of carbonyl (C=O) groups is 1. The molecule has 21 heavy (non-hydrogen) atoms. The van der Waals surface area contributed by atoms with E-state index in [1.807, 2.05) is 0 Å². The maximum absolute atomic E-state index is 12.4. The monoisotopic (exact) mass is 287 g/mol. The highest BCUT2D eigenvalue weighted by Crippen LogP contribution is 2.17. The molecule has 0 aliphatic carbocycles. The molecule has 0 aliphatic rings. The van der Waals surface area contributed by atoms with Crippen LogP contribution in [-0.2, 0) is 11.8 Å². The Hall–Kier alpha value is -2.63. The summed E-state index contributed by atoms with van der Waals surface area (Å²) in [5.74, 6) is -0.458.